The number of ether oxygens (including phenoxy) is 1. The Kier molecular flexibility index (Phi) is 27.7. The van der Waals surface area contributed by atoms with Gasteiger partial charge in [0.15, 0.2) is 0 Å². The number of nitrogens with one attached hydrogen (secondary N) is 8. The van der Waals surface area contributed by atoms with Crippen LogP contribution in [0.4, 0.5) is 15.3 Å². The lowest BCUT2D eigenvalue weighted by Crippen LogP contribution is -2.61. The van der Waals surface area contributed by atoms with Gasteiger partial charge in [-0.25, -0.2) is 22.7 Å². The number of urea groups is 1. The molecule has 3 aromatic carbocycles. The summed E-state index contributed by atoms with van der Waals surface area (Å²) in [7, 11) is -0.925. The standard InChI is InChI=1S/C64H91N11O13S/c1-40(2)49(74(12)60(83)55(63(6,7)8)72-59(82)54(66-11)64(9,10)46-20-15-13-16-21-46)36-42(5)56(79)73-89(86,87)39-45-26-24-43(25-27-45)37-68-62(85)88-38-44-28-30-47(31-29-44)69-57(80)48(22-19-34-67-61(65)84)70-58(81)53(41(3)4)71-50(76)23-17-14-18-35-75-51(77)32-33-52(75)78/h13,15-16,20-21,24-33,36,40-41,48-49,53-55,66H,14,17-19,22-23,34-35,37-39H2,1-12H3,(H,68,85)(H,69,80)(H,70,81)(H,71,76)(H,72,82)(H,73,79)(H3,65,67,84)/b42-36+/t48-,49+,53-,54+,55+/m0/s1. The molecule has 0 saturated heterocycles. The number of hydrogen-bond acceptors (Lipinski definition) is 14. The van der Waals surface area contributed by atoms with Crippen molar-refractivity contribution in [1.29, 1.82) is 0 Å². The number of alkyl carbamates (subject to hydrolysis) is 1. The Morgan fingerprint density at radius 1 is 0.708 bits per heavy atom. The Hall–Kier alpha value is -8.45. The van der Waals surface area contributed by atoms with Crippen molar-refractivity contribution in [2.75, 3.05) is 32.5 Å². The van der Waals surface area contributed by atoms with Crippen molar-refractivity contribution in [3.05, 3.63) is 125 Å². The number of anilines is 1. The van der Waals surface area contributed by atoms with Gasteiger partial charge in [0.05, 0.1) is 17.8 Å². The van der Waals surface area contributed by atoms with Gasteiger partial charge in [0.1, 0.15) is 24.7 Å². The van der Waals surface area contributed by atoms with Crippen molar-refractivity contribution in [3.63, 3.8) is 0 Å². The quantitative estimate of drug-likeness (QED) is 0.0218. The maximum Gasteiger partial charge on any atom is 0.407 e. The van der Waals surface area contributed by atoms with E-state index in [4.69, 9.17) is 10.5 Å². The molecule has 89 heavy (non-hydrogen) atoms. The number of imide groups is 1. The highest BCUT2D eigenvalue weighted by molar-refractivity contribution is 7.89. The fourth-order valence-corrected chi connectivity index (χ4v) is 11.0. The van der Waals surface area contributed by atoms with Crippen LogP contribution >= 0.6 is 0 Å². The van der Waals surface area contributed by atoms with Gasteiger partial charge in [-0.1, -0.05) is 142 Å². The van der Waals surface area contributed by atoms with E-state index in [9.17, 15) is 56.4 Å². The van der Waals surface area contributed by atoms with E-state index in [1.165, 1.54) is 24.0 Å². The summed E-state index contributed by atoms with van der Waals surface area (Å²) in [5.41, 5.74) is 6.75. The molecule has 0 bridgehead atoms. The Balaban J connectivity index is 1.27. The lowest BCUT2D eigenvalue weighted by Gasteiger charge is -2.40. The molecule has 486 valence electrons. The van der Waals surface area contributed by atoms with Gasteiger partial charge in [-0.3, -0.25) is 43.3 Å². The molecular weight excluding hydrogens is 1160 g/mol. The molecule has 0 unspecified atom stereocenters. The lowest BCUT2D eigenvalue weighted by molar-refractivity contribution is -0.141. The van der Waals surface area contributed by atoms with Crippen LogP contribution in [-0.4, -0.2) is 135 Å². The number of carbonyl (C=O) groups is 10. The first-order valence-electron chi connectivity index (χ1n) is 29.8. The number of unbranched alkanes of at least 4 members (excludes halogenated alkanes) is 2. The Labute approximate surface area is 523 Å². The molecule has 0 saturated carbocycles. The Morgan fingerprint density at radius 3 is 1.89 bits per heavy atom. The van der Waals surface area contributed by atoms with E-state index in [-0.39, 0.29) is 92.4 Å². The van der Waals surface area contributed by atoms with Gasteiger partial charge in [-0.05, 0) is 91.3 Å². The summed E-state index contributed by atoms with van der Waals surface area (Å²) in [6, 6.07) is 17.2. The molecule has 24 nitrogen and oxygen atoms in total. The Bertz CT molecular complexity index is 3130. The van der Waals surface area contributed by atoms with Gasteiger partial charge in [-0.2, -0.15) is 0 Å². The zero-order valence-corrected chi connectivity index (χ0v) is 54.1. The van der Waals surface area contributed by atoms with Crippen LogP contribution in [0.5, 0.6) is 0 Å². The second-order valence-corrected chi connectivity index (χ2v) is 26.3. The molecule has 0 aromatic heterocycles. The fraction of sp³-hybridized carbons (Fsp3) is 0.500. The summed E-state index contributed by atoms with van der Waals surface area (Å²) in [5.74, 6) is -5.04. The molecule has 0 spiro atoms. The molecule has 1 aliphatic heterocycles. The number of sulfonamides is 1. The van der Waals surface area contributed by atoms with E-state index >= 15 is 0 Å². The molecule has 0 aliphatic carbocycles. The van der Waals surface area contributed by atoms with E-state index in [0.717, 1.165) is 10.5 Å². The van der Waals surface area contributed by atoms with Crippen molar-refractivity contribution < 1.29 is 61.1 Å². The number of nitrogens with zero attached hydrogens (tertiary/aromatic N) is 2. The lowest BCUT2D eigenvalue weighted by atomic mass is 9.76. The molecule has 1 aliphatic rings. The van der Waals surface area contributed by atoms with E-state index in [0.29, 0.717) is 41.6 Å². The molecule has 10 N–H and O–H groups in total. The van der Waals surface area contributed by atoms with Crippen LogP contribution in [0.2, 0.25) is 0 Å². The first kappa shape index (κ1) is 73.0. The van der Waals surface area contributed by atoms with Crippen molar-refractivity contribution in [2.24, 2.45) is 23.0 Å². The average Bonchev–Trinajstić information content (AvgIpc) is 4.08. The summed E-state index contributed by atoms with van der Waals surface area (Å²) in [4.78, 5) is 132. The highest BCUT2D eigenvalue weighted by atomic mass is 32.2. The summed E-state index contributed by atoms with van der Waals surface area (Å²) >= 11 is 0. The van der Waals surface area contributed by atoms with Crippen LogP contribution in [-0.2, 0) is 77.4 Å². The number of carbonyl (C=O) groups excluding carboxylic acids is 10. The van der Waals surface area contributed by atoms with Crippen LogP contribution < -0.4 is 47.7 Å². The van der Waals surface area contributed by atoms with E-state index in [1.54, 1.807) is 82.5 Å². The van der Waals surface area contributed by atoms with E-state index in [2.05, 4.69) is 41.9 Å². The smallest absolute Gasteiger partial charge is 0.407 e. The fourth-order valence-electron chi connectivity index (χ4n) is 9.89. The minimum absolute atomic E-state index is 0.0327. The first-order valence-corrected chi connectivity index (χ1v) is 31.5. The predicted molar refractivity (Wildman–Crippen MR) is 338 cm³/mol. The van der Waals surface area contributed by atoms with Crippen molar-refractivity contribution >= 4 is 75.1 Å². The maximum absolute atomic E-state index is 14.4. The molecule has 5 atom stereocenters. The maximum atomic E-state index is 14.4. The monoisotopic (exact) mass is 1250 g/mol. The van der Waals surface area contributed by atoms with Crippen molar-refractivity contribution in [3.8, 4) is 0 Å². The van der Waals surface area contributed by atoms with Gasteiger partial charge in [0, 0.05) is 61.9 Å². The number of likely N-dealkylation sites (N-methyl/N-ethyl adjacent to an activating group) is 2. The molecule has 4 rings (SSSR count). The first-order chi connectivity index (χ1) is 41.7. The van der Waals surface area contributed by atoms with Crippen LogP contribution in [0.15, 0.2) is 103 Å². The summed E-state index contributed by atoms with van der Waals surface area (Å²) in [6.07, 6.45) is 5.21. The number of hydrogen-bond donors (Lipinski definition) is 9. The van der Waals surface area contributed by atoms with E-state index < -0.39 is 86.7 Å². The minimum atomic E-state index is -4.21. The van der Waals surface area contributed by atoms with Crippen LogP contribution in [0.1, 0.15) is 130 Å². The highest BCUT2D eigenvalue weighted by Crippen LogP contribution is 2.29. The molecule has 25 heteroatoms. The summed E-state index contributed by atoms with van der Waals surface area (Å²) in [6.45, 7) is 18.4. The van der Waals surface area contributed by atoms with Gasteiger partial charge in [0.25, 0.3) is 17.7 Å². The number of amides is 11. The number of primary amides is 1. The molecule has 3 aromatic rings. The molecule has 0 radical (unpaired) electrons. The zero-order chi connectivity index (χ0) is 66.4. The summed E-state index contributed by atoms with van der Waals surface area (Å²) < 4.78 is 34.2. The van der Waals surface area contributed by atoms with Crippen LogP contribution in [0.25, 0.3) is 0 Å². The molecular formula is C64H91N11O13S. The number of rotatable bonds is 33. The Morgan fingerprint density at radius 2 is 1.31 bits per heavy atom. The molecule has 0 fully saturated rings. The largest absolute Gasteiger partial charge is 0.445 e. The van der Waals surface area contributed by atoms with Crippen molar-refractivity contribution in [2.45, 2.75) is 162 Å². The normalized spacial score (nSPS) is 14.4. The third kappa shape index (κ3) is 23.2. The zero-order valence-electron chi connectivity index (χ0n) is 53.2. The van der Waals surface area contributed by atoms with Gasteiger partial charge < -0.3 is 52.6 Å². The number of nitrogens with two attached hydrogens (primary N) is 1. The minimum Gasteiger partial charge on any atom is -0.445 e. The highest BCUT2D eigenvalue weighted by Gasteiger charge is 2.42. The third-order valence-electron chi connectivity index (χ3n) is 15.2. The predicted octanol–water partition coefficient (Wildman–Crippen LogP) is 5.08. The number of benzene rings is 3. The van der Waals surface area contributed by atoms with Gasteiger partial charge in [-0.15, -0.1) is 0 Å². The molecule has 11 amide bonds. The average molecular weight is 1250 g/mol. The topological polar surface area (TPSA) is 343 Å². The third-order valence-corrected chi connectivity index (χ3v) is 16.4. The SMILES string of the molecule is CN[C@H](C(=O)N[C@H](C(=O)N(C)[C@H](/C=C(\C)C(=O)NS(=O)(=O)Cc1ccc(CNC(=O)OCc2ccc(NC(=O)[C@H](CCCNC(N)=O)NC(=O)[C@@H](NC(=O)CCCCCN3C(=O)C=CC3=O)C(C)C)cc2)cc1)C(C)C)C(C)(C)C)C(C)(C)c1ccccc1. The second kappa shape index (κ2) is 33.8. The van der Waals surface area contributed by atoms with Crippen molar-refractivity contribution in [1.82, 2.24) is 46.4 Å². The molecule has 1 heterocycles. The van der Waals surface area contributed by atoms with E-state index in [1.807, 2.05) is 78.8 Å². The summed E-state index contributed by atoms with van der Waals surface area (Å²) in [5, 5.41) is 19.5. The second-order valence-electron chi connectivity index (χ2n) is 24.5. The van der Waals surface area contributed by atoms with Gasteiger partial charge in [0.2, 0.25) is 39.6 Å². The van der Waals surface area contributed by atoms with Crippen LogP contribution in [0, 0.1) is 17.3 Å². The van der Waals surface area contributed by atoms with Gasteiger partial charge >= 0.3 is 12.1 Å². The van der Waals surface area contributed by atoms with Crippen LogP contribution in [0.3, 0.4) is 0 Å².